The van der Waals surface area contributed by atoms with Crippen molar-refractivity contribution in [2.24, 2.45) is 11.3 Å². The molecule has 0 saturated heterocycles. The maximum Gasteiger partial charge on any atom is 0.332 e. The van der Waals surface area contributed by atoms with Crippen LogP contribution in [0.5, 0.6) is 0 Å². The fourth-order valence-corrected chi connectivity index (χ4v) is 2.63. The van der Waals surface area contributed by atoms with Gasteiger partial charge in [-0.1, -0.05) is 26.7 Å². The van der Waals surface area contributed by atoms with Crippen LogP contribution in [-0.4, -0.2) is 23.6 Å². The van der Waals surface area contributed by atoms with E-state index in [1.807, 2.05) is 0 Å². The van der Waals surface area contributed by atoms with Gasteiger partial charge in [0.25, 0.3) is 0 Å². The number of carboxylic acid groups (broad SMARTS) is 1. The van der Waals surface area contributed by atoms with Crippen molar-refractivity contribution >= 4 is 11.9 Å². The molecule has 0 heterocycles. The van der Waals surface area contributed by atoms with Gasteiger partial charge in [-0.3, -0.25) is 9.63 Å². The van der Waals surface area contributed by atoms with Crippen LogP contribution in [0.25, 0.3) is 0 Å². The highest BCUT2D eigenvalue weighted by atomic mass is 16.7. The molecule has 5 nitrogen and oxygen atoms in total. The summed E-state index contributed by atoms with van der Waals surface area (Å²) in [6, 6.07) is 0. The molecule has 0 atom stereocenters. The minimum atomic E-state index is -1.09. The Kier molecular flexibility index (Phi) is 4.93. The number of carbonyl (C=O) groups is 2. The van der Waals surface area contributed by atoms with E-state index in [4.69, 9.17) is 5.11 Å². The lowest BCUT2D eigenvalue weighted by molar-refractivity contribution is -0.154. The van der Waals surface area contributed by atoms with Gasteiger partial charge in [0.1, 0.15) is 0 Å². The molecule has 1 aliphatic carbocycles. The molecule has 0 aromatic heterocycles. The van der Waals surface area contributed by atoms with Crippen molar-refractivity contribution in [1.29, 1.82) is 0 Å². The molecule has 17 heavy (non-hydrogen) atoms. The molecule has 1 aliphatic rings. The van der Waals surface area contributed by atoms with Crippen molar-refractivity contribution in [3.63, 3.8) is 0 Å². The van der Waals surface area contributed by atoms with Gasteiger partial charge in [0.15, 0.2) is 6.61 Å². The second-order valence-electron chi connectivity index (χ2n) is 5.20. The minimum Gasteiger partial charge on any atom is -0.479 e. The molecule has 1 amide bonds. The fraction of sp³-hybridized carbons (Fsp3) is 0.833. The number of aliphatic carboxylic acids is 1. The van der Waals surface area contributed by atoms with Crippen molar-refractivity contribution < 1.29 is 19.5 Å². The number of carbonyl (C=O) groups excluding carboxylic acids is 1. The molecule has 0 unspecified atom stereocenters. The van der Waals surface area contributed by atoms with Gasteiger partial charge in [-0.2, -0.15) is 0 Å². The molecule has 98 valence electrons. The first-order valence-corrected chi connectivity index (χ1v) is 6.10. The predicted octanol–water partition coefficient (Wildman–Crippen LogP) is 1.73. The Labute approximate surface area is 101 Å². The first-order chi connectivity index (χ1) is 7.96. The summed E-state index contributed by atoms with van der Waals surface area (Å²) in [5.74, 6) is -0.807. The number of hydroxylamine groups is 1. The topological polar surface area (TPSA) is 75.6 Å². The maximum absolute atomic E-state index is 12.1. The van der Waals surface area contributed by atoms with Gasteiger partial charge < -0.3 is 5.11 Å². The van der Waals surface area contributed by atoms with Crippen LogP contribution >= 0.6 is 0 Å². The van der Waals surface area contributed by atoms with Crippen LogP contribution in [0.4, 0.5) is 0 Å². The molecular formula is C12H21NO4. The largest absolute Gasteiger partial charge is 0.479 e. The molecule has 5 heteroatoms. The van der Waals surface area contributed by atoms with E-state index in [-0.39, 0.29) is 11.3 Å². The third-order valence-corrected chi connectivity index (χ3v) is 3.20. The van der Waals surface area contributed by atoms with E-state index in [9.17, 15) is 9.59 Å². The average Bonchev–Trinajstić information content (AvgIpc) is 2.65. The van der Waals surface area contributed by atoms with Gasteiger partial charge in [-0.25, -0.2) is 10.3 Å². The van der Waals surface area contributed by atoms with Crippen molar-refractivity contribution in [2.75, 3.05) is 6.61 Å². The number of amides is 1. The Hall–Kier alpha value is -1.10. The first kappa shape index (κ1) is 14.0. The quantitative estimate of drug-likeness (QED) is 0.696. The second kappa shape index (κ2) is 6.00. The van der Waals surface area contributed by atoms with Crippen molar-refractivity contribution in [1.82, 2.24) is 5.48 Å². The number of carboxylic acids is 1. The van der Waals surface area contributed by atoms with Crippen molar-refractivity contribution in [3.05, 3.63) is 0 Å². The van der Waals surface area contributed by atoms with E-state index < -0.39 is 12.6 Å². The smallest absolute Gasteiger partial charge is 0.332 e. The van der Waals surface area contributed by atoms with Gasteiger partial charge in [0.05, 0.1) is 5.41 Å². The van der Waals surface area contributed by atoms with Crippen molar-refractivity contribution in [3.8, 4) is 0 Å². The van der Waals surface area contributed by atoms with E-state index in [0.717, 1.165) is 32.1 Å². The lowest BCUT2D eigenvalue weighted by Crippen LogP contribution is -2.40. The highest BCUT2D eigenvalue weighted by Gasteiger charge is 2.41. The normalized spacial score (nSPS) is 18.3. The highest BCUT2D eigenvalue weighted by Crippen LogP contribution is 2.43. The summed E-state index contributed by atoms with van der Waals surface area (Å²) in [4.78, 5) is 27.0. The van der Waals surface area contributed by atoms with Gasteiger partial charge in [-0.15, -0.1) is 0 Å². The second-order valence-corrected chi connectivity index (χ2v) is 5.20. The number of hydrogen-bond donors (Lipinski definition) is 2. The summed E-state index contributed by atoms with van der Waals surface area (Å²) < 4.78 is 0. The molecule has 0 aromatic rings. The minimum absolute atomic E-state index is 0.162. The Balaban J connectivity index is 2.52. The van der Waals surface area contributed by atoms with E-state index in [1.165, 1.54) is 0 Å². The zero-order valence-electron chi connectivity index (χ0n) is 10.5. The summed E-state index contributed by atoms with van der Waals surface area (Å²) >= 11 is 0. The van der Waals surface area contributed by atoms with Gasteiger partial charge in [-0.05, 0) is 25.2 Å². The number of rotatable bonds is 6. The molecule has 1 fully saturated rings. The molecule has 0 spiro atoms. The molecular weight excluding hydrogens is 222 g/mol. The fourth-order valence-electron chi connectivity index (χ4n) is 2.63. The highest BCUT2D eigenvalue weighted by molar-refractivity contribution is 5.82. The summed E-state index contributed by atoms with van der Waals surface area (Å²) in [5, 5.41) is 8.43. The van der Waals surface area contributed by atoms with Crippen LogP contribution in [0.2, 0.25) is 0 Å². The number of nitrogens with one attached hydrogen (secondary N) is 1. The SMILES string of the molecule is CC(C)CC1(C(=O)NOCC(=O)O)CCCC1. The summed E-state index contributed by atoms with van der Waals surface area (Å²) in [6.07, 6.45) is 4.67. The zero-order valence-corrected chi connectivity index (χ0v) is 10.5. The molecule has 2 N–H and O–H groups in total. The molecule has 0 bridgehead atoms. The summed E-state index contributed by atoms with van der Waals surface area (Å²) in [6.45, 7) is 3.68. The molecule has 0 aromatic carbocycles. The van der Waals surface area contributed by atoms with Crippen molar-refractivity contribution in [2.45, 2.75) is 46.0 Å². The van der Waals surface area contributed by atoms with Gasteiger partial charge >= 0.3 is 5.97 Å². The maximum atomic E-state index is 12.1. The molecule has 0 aliphatic heterocycles. The van der Waals surface area contributed by atoms with Crippen LogP contribution < -0.4 is 5.48 Å². The Morgan fingerprint density at radius 3 is 2.41 bits per heavy atom. The van der Waals surface area contributed by atoms with E-state index in [0.29, 0.717) is 5.92 Å². The van der Waals surface area contributed by atoms with Crippen LogP contribution in [0.15, 0.2) is 0 Å². The molecule has 0 radical (unpaired) electrons. The average molecular weight is 243 g/mol. The van der Waals surface area contributed by atoms with E-state index in [1.54, 1.807) is 0 Å². The molecule has 1 rings (SSSR count). The van der Waals surface area contributed by atoms with Crippen LogP contribution in [-0.2, 0) is 14.4 Å². The van der Waals surface area contributed by atoms with Crippen LogP contribution in [0.1, 0.15) is 46.0 Å². The van der Waals surface area contributed by atoms with Gasteiger partial charge in [0.2, 0.25) is 5.91 Å². The predicted molar refractivity (Wildman–Crippen MR) is 62.1 cm³/mol. The lowest BCUT2D eigenvalue weighted by Gasteiger charge is -2.28. The Bertz CT molecular complexity index is 282. The van der Waals surface area contributed by atoms with Crippen LogP contribution in [0.3, 0.4) is 0 Å². The lowest BCUT2D eigenvalue weighted by atomic mass is 9.78. The zero-order chi connectivity index (χ0) is 12.9. The third-order valence-electron chi connectivity index (χ3n) is 3.20. The standard InChI is InChI=1S/C12H21NO4/c1-9(2)7-12(5-3-4-6-12)11(16)13-17-8-10(14)15/h9H,3-8H2,1-2H3,(H,13,16)(H,14,15). The van der Waals surface area contributed by atoms with E-state index >= 15 is 0 Å². The third kappa shape index (κ3) is 4.00. The van der Waals surface area contributed by atoms with Crippen LogP contribution in [0, 0.1) is 11.3 Å². The van der Waals surface area contributed by atoms with Gasteiger partial charge in [0, 0.05) is 0 Å². The molecule has 1 saturated carbocycles. The monoisotopic (exact) mass is 243 g/mol. The first-order valence-electron chi connectivity index (χ1n) is 6.10. The Morgan fingerprint density at radius 1 is 1.35 bits per heavy atom. The van der Waals surface area contributed by atoms with E-state index in [2.05, 4.69) is 24.2 Å². The summed E-state index contributed by atoms with van der Waals surface area (Å²) in [7, 11) is 0. The summed E-state index contributed by atoms with van der Waals surface area (Å²) in [5.41, 5.74) is 1.93. The Morgan fingerprint density at radius 2 is 1.94 bits per heavy atom. The number of hydrogen-bond acceptors (Lipinski definition) is 3.